The van der Waals surface area contributed by atoms with Crippen molar-refractivity contribution in [2.24, 2.45) is 35.5 Å². The lowest BCUT2D eigenvalue weighted by atomic mass is 9.76. The van der Waals surface area contributed by atoms with Crippen molar-refractivity contribution in [1.82, 2.24) is 10.6 Å². The number of ether oxygens (including phenoxy) is 1. The summed E-state index contributed by atoms with van der Waals surface area (Å²) in [6.45, 7) is 4.97. The van der Waals surface area contributed by atoms with Gasteiger partial charge < -0.3 is 25.6 Å². The van der Waals surface area contributed by atoms with E-state index in [1.165, 1.54) is 31.1 Å². The molecule has 8 heteroatoms. The molecule has 5 aliphatic rings. The van der Waals surface area contributed by atoms with Gasteiger partial charge in [0.25, 0.3) is 5.91 Å². The molecule has 0 aromatic rings. The molecule has 8 nitrogen and oxygen atoms in total. The zero-order valence-electron chi connectivity index (χ0n) is 21.5. The first kappa shape index (κ1) is 25.9. The fourth-order valence-electron chi connectivity index (χ4n) is 7.48. The van der Waals surface area contributed by atoms with Crippen LogP contribution < -0.4 is 10.6 Å². The van der Waals surface area contributed by atoms with Crippen molar-refractivity contribution in [3.8, 4) is 0 Å². The van der Waals surface area contributed by atoms with Crippen molar-refractivity contribution in [1.29, 1.82) is 0 Å². The third-order valence-electron chi connectivity index (χ3n) is 9.30. The zero-order valence-corrected chi connectivity index (χ0v) is 21.5. The van der Waals surface area contributed by atoms with E-state index in [1.807, 2.05) is 6.08 Å². The normalized spacial score (nSPS) is 44.8. The van der Waals surface area contributed by atoms with E-state index in [0.717, 1.165) is 6.42 Å². The Morgan fingerprint density at radius 2 is 1.86 bits per heavy atom. The molecular weight excluding hydrogens is 472 g/mol. The highest BCUT2D eigenvalue weighted by molar-refractivity contribution is 6.27. The lowest BCUT2D eigenvalue weighted by molar-refractivity contribution is -0.118. The number of nitrogens with one attached hydrogen (secondary N) is 2. The molecule has 10 atom stereocenters. The number of carbonyl (C=O) groups excluding carboxylic acids is 3. The topological polar surface area (TPSA) is 128 Å². The van der Waals surface area contributed by atoms with Crippen LogP contribution in [-0.2, 0) is 19.1 Å². The number of epoxide rings is 1. The Bertz CT molecular complexity index is 1060. The zero-order chi connectivity index (χ0) is 26.3. The summed E-state index contributed by atoms with van der Waals surface area (Å²) >= 11 is 0. The number of rotatable bonds is 1. The summed E-state index contributed by atoms with van der Waals surface area (Å²) in [7, 11) is 0. The maximum absolute atomic E-state index is 12.7. The fourth-order valence-corrected chi connectivity index (χ4v) is 7.48. The van der Waals surface area contributed by atoms with Gasteiger partial charge in [-0.25, -0.2) is 0 Å². The van der Waals surface area contributed by atoms with Gasteiger partial charge in [0, 0.05) is 12.6 Å². The molecule has 0 spiro atoms. The molecule has 1 unspecified atom stereocenters. The van der Waals surface area contributed by atoms with Crippen LogP contribution in [-0.4, -0.2) is 58.7 Å². The highest BCUT2D eigenvalue weighted by atomic mass is 16.6. The predicted molar refractivity (Wildman–Crippen MR) is 137 cm³/mol. The van der Waals surface area contributed by atoms with Crippen molar-refractivity contribution in [3.63, 3.8) is 0 Å². The number of fused-ring (bicyclic) bond motifs is 7. The van der Waals surface area contributed by atoms with Crippen molar-refractivity contribution >= 4 is 17.6 Å². The first-order valence-electron chi connectivity index (χ1n) is 13.7. The summed E-state index contributed by atoms with van der Waals surface area (Å²) in [5.74, 6) is 1.22. The highest BCUT2D eigenvalue weighted by Crippen LogP contribution is 2.60. The largest absolute Gasteiger partial charge is 0.507 e. The summed E-state index contributed by atoms with van der Waals surface area (Å²) in [5.41, 5.74) is -0.294. The molecule has 2 bridgehead atoms. The number of aliphatic hydroxyl groups is 2. The van der Waals surface area contributed by atoms with Crippen LogP contribution in [0.1, 0.15) is 46.0 Å². The van der Waals surface area contributed by atoms with E-state index in [9.17, 15) is 24.6 Å². The van der Waals surface area contributed by atoms with Gasteiger partial charge in [-0.05, 0) is 73.3 Å². The van der Waals surface area contributed by atoms with Crippen molar-refractivity contribution in [2.75, 3.05) is 6.54 Å². The Morgan fingerprint density at radius 3 is 2.65 bits per heavy atom. The van der Waals surface area contributed by atoms with Crippen LogP contribution in [0.2, 0.25) is 0 Å². The molecule has 2 saturated carbocycles. The number of amides is 2. The van der Waals surface area contributed by atoms with Gasteiger partial charge in [0.05, 0.1) is 12.1 Å². The highest BCUT2D eigenvalue weighted by Gasteiger charge is 2.60. The minimum atomic E-state index is -0.959. The lowest BCUT2D eigenvalue weighted by Gasteiger charge is -2.27. The van der Waals surface area contributed by atoms with Gasteiger partial charge in [0.2, 0.25) is 5.91 Å². The van der Waals surface area contributed by atoms with E-state index in [4.69, 9.17) is 4.74 Å². The summed E-state index contributed by atoms with van der Waals surface area (Å²) in [6.07, 6.45) is 12.9. The summed E-state index contributed by atoms with van der Waals surface area (Å²) < 4.78 is 6.06. The molecule has 4 N–H and O–H groups in total. The molecule has 3 heterocycles. The maximum atomic E-state index is 12.7. The predicted octanol–water partition coefficient (Wildman–Crippen LogP) is 2.51. The minimum absolute atomic E-state index is 0.101. The molecule has 37 heavy (non-hydrogen) atoms. The number of aliphatic hydroxyl groups excluding tert-OH is 2. The van der Waals surface area contributed by atoms with Crippen molar-refractivity contribution < 1.29 is 29.3 Å². The van der Waals surface area contributed by atoms with Crippen LogP contribution in [0.4, 0.5) is 0 Å². The third-order valence-corrected chi connectivity index (χ3v) is 9.30. The number of hydrogen-bond donors (Lipinski definition) is 4. The van der Waals surface area contributed by atoms with E-state index in [2.05, 4.69) is 30.6 Å². The Kier molecular flexibility index (Phi) is 7.41. The number of ketones is 1. The summed E-state index contributed by atoms with van der Waals surface area (Å²) in [4.78, 5) is 37.3. The Morgan fingerprint density at radius 1 is 1.05 bits per heavy atom. The van der Waals surface area contributed by atoms with E-state index in [-0.39, 0.29) is 23.5 Å². The Balaban J connectivity index is 1.40. The van der Waals surface area contributed by atoms with Gasteiger partial charge in [-0.2, -0.15) is 0 Å². The molecule has 3 aliphatic heterocycles. The van der Waals surface area contributed by atoms with Gasteiger partial charge >= 0.3 is 0 Å². The summed E-state index contributed by atoms with van der Waals surface area (Å²) in [6, 6.07) is -0.743. The number of allylic oxidation sites excluding steroid dienone is 4. The lowest BCUT2D eigenvalue weighted by Crippen LogP contribution is -2.30. The molecular formula is C29H38N2O6. The van der Waals surface area contributed by atoms with Crippen LogP contribution in [0.25, 0.3) is 0 Å². The second-order valence-corrected chi connectivity index (χ2v) is 11.3. The first-order valence-corrected chi connectivity index (χ1v) is 13.7. The van der Waals surface area contributed by atoms with E-state index in [0.29, 0.717) is 49.0 Å². The van der Waals surface area contributed by atoms with Gasteiger partial charge in [-0.15, -0.1) is 0 Å². The van der Waals surface area contributed by atoms with Gasteiger partial charge in [0.15, 0.2) is 5.78 Å². The van der Waals surface area contributed by atoms with Gasteiger partial charge in [0.1, 0.15) is 23.5 Å². The van der Waals surface area contributed by atoms with E-state index in [1.54, 1.807) is 6.08 Å². The smallest absolute Gasteiger partial charge is 0.259 e. The molecule has 0 aromatic carbocycles. The van der Waals surface area contributed by atoms with Gasteiger partial charge in [-0.3, -0.25) is 14.4 Å². The Hall–Kier alpha value is -2.71. The number of carbonyl (C=O) groups is 3. The number of Topliss-reactive ketones (excluding diaryl/α,β-unsaturated/α-hetero) is 1. The molecule has 200 valence electrons. The molecule has 2 aliphatic carbocycles. The first-order chi connectivity index (χ1) is 17.8. The van der Waals surface area contributed by atoms with E-state index < -0.39 is 35.7 Å². The molecule has 0 radical (unpaired) electrons. The van der Waals surface area contributed by atoms with Crippen LogP contribution in [0, 0.1) is 35.5 Å². The molecule has 2 saturated heterocycles. The van der Waals surface area contributed by atoms with Gasteiger partial charge in [-0.1, -0.05) is 38.5 Å². The molecule has 5 rings (SSSR count). The van der Waals surface area contributed by atoms with Crippen LogP contribution in [0.15, 0.2) is 47.8 Å². The third kappa shape index (κ3) is 5.06. The van der Waals surface area contributed by atoms with Crippen LogP contribution >= 0.6 is 0 Å². The second-order valence-electron chi connectivity index (χ2n) is 11.3. The SMILES string of the molecule is CC[C@H]1C[C@@H]2C[C@H]3/C=C/C=C/C(=O)NCCCC4NC(=O)C(=C(O)/C=C/[C@H](O)[C@H]5O[C@@H]5[C@H]3[C@@H]2[C@H]1C)C4=O. The maximum Gasteiger partial charge on any atom is 0.259 e. The summed E-state index contributed by atoms with van der Waals surface area (Å²) in [5, 5.41) is 26.8. The molecule has 0 aromatic heterocycles. The fraction of sp³-hybridized carbons (Fsp3) is 0.621. The minimum Gasteiger partial charge on any atom is -0.507 e. The average molecular weight is 511 g/mol. The van der Waals surface area contributed by atoms with E-state index >= 15 is 0 Å². The molecule has 2 amide bonds. The van der Waals surface area contributed by atoms with Crippen molar-refractivity contribution in [3.05, 3.63) is 47.8 Å². The average Bonchev–Trinajstić information content (AvgIpc) is 3.38. The number of hydrogen-bond acceptors (Lipinski definition) is 6. The van der Waals surface area contributed by atoms with Crippen LogP contribution in [0.3, 0.4) is 0 Å². The second kappa shape index (κ2) is 10.6. The quantitative estimate of drug-likeness (QED) is 0.317. The Labute approximate surface area is 217 Å². The monoisotopic (exact) mass is 510 g/mol. The van der Waals surface area contributed by atoms with Crippen molar-refractivity contribution in [2.45, 2.75) is 70.3 Å². The van der Waals surface area contributed by atoms with Crippen LogP contribution in [0.5, 0.6) is 0 Å². The standard InChI is InChI=1S/C29H38N2O6/c1-3-16-13-18-14-17-7-4-5-9-22(34)30-12-6-8-19-26(35)25(29(36)31-19)20(32)10-11-21(33)27-28(37-27)24(17)23(18)15(16)2/h4-5,7,9-11,15-19,21,23-24,27-28,32-33H,3,6,8,12-14H2,1-2H3,(H,30,34)(H,31,36)/b7-4+,9-5+,11-10+,25-20?/t15-,16-,17+,18+,19?,21-,23+,24+,27+,28+/m0/s1. The molecule has 4 fully saturated rings.